The Bertz CT molecular complexity index is 389. The minimum absolute atomic E-state index is 0.294. The molecule has 4 nitrogen and oxygen atoms in total. The van der Waals surface area contributed by atoms with Gasteiger partial charge < -0.3 is 0 Å². The summed E-state index contributed by atoms with van der Waals surface area (Å²) in [7, 11) is 0. The molecular formula is C16H32N4. The number of hydrogen-bond donors (Lipinski definition) is 2. The molecule has 1 aromatic rings. The van der Waals surface area contributed by atoms with Gasteiger partial charge >= 0.3 is 0 Å². The van der Waals surface area contributed by atoms with Crippen LogP contribution in [0.5, 0.6) is 0 Å². The highest BCUT2D eigenvalue weighted by atomic mass is 15.3. The van der Waals surface area contributed by atoms with E-state index in [1.807, 2.05) is 10.9 Å². The van der Waals surface area contributed by atoms with E-state index in [1.54, 1.807) is 0 Å². The lowest BCUT2D eigenvalue weighted by Gasteiger charge is -2.26. The molecule has 20 heavy (non-hydrogen) atoms. The van der Waals surface area contributed by atoms with Crippen molar-refractivity contribution in [3.63, 3.8) is 0 Å². The summed E-state index contributed by atoms with van der Waals surface area (Å²) in [6, 6.07) is 2.80. The van der Waals surface area contributed by atoms with Crippen LogP contribution in [0.4, 0.5) is 0 Å². The predicted octanol–water partition coefficient (Wildman–Crippen LogP) is 3.30. The van der Waals surface area contributed by atoms with Gasteiger partial charge in [-0.3, -0.25) is 16.0 Å². The Hall–Kier alpha value is -0.870. The molecule has 0 spiro atoms. The van der Waals surface area contributed by atoms with Gasteiger partial charge in [-0.2, -0.15) is 5.10 Å². The van der Waals surface area contributed by atoms with Crippen LogP contribution in [-0.4, -0.2) is 15.8 Å². The molecule has 0 fully saturated rings. The van der Waals surface area contributed by atoms with Gasteiger partial charge in [-0.25, -0.2) is 0 Å². The number of hydrazine groups is 1. The molecule has 4 heteroatoms. The average Bonchev–Trinajstić information content (AvgIpc) is 2.74. The van der Waals surface area contributed by atoms with Gasteiger partial charge in [0.2, 0.25) is 0 Å². The van der Waals surface area contributed by atoms with E-state index in [0.29, 0.717) is 23.4 Å². The van der Waals surface area contributed by atoms with Gasteiger partial charge in [0.05, 0.1) is 5.69 Å². The third-order valence-electron chi connectivity index (χ3n) is 3.53. The molecule has 0 aliphatic heterocycles. The monoisotopic (exact) mass is 280 g/mol. The number of nitrogens with one attached hydrogen (secondary N) is 1. The molecular weight excluding hydrogens is 248 g/mol. The minimum Gasteiger partial charge on any atom is -0.271 e. The van der Waals surface area contributed by atoms with Crippen molar-refractivity contribution < 1.29 is 0 Å². The second-order valence-electron chi connectivity index (χ2n) is 7.55. The van der Waals surface area contributed by atoms with Gasteiger partial charge in [0.1, 0.15) is 0 Å². The fourth-order valence-corrected chi connectivity index (χ4v) is 2.85. The van der Waals surface area contributed by atoms with E-state index in [9.17, 15) is 0 Å². The Morgan fingerprint density at radius 1 is 1.30 bits per heavy atom. The van der Waals surface area contributed by atoms with Crippen molar-refractivity contribution in [1.82, 2.24) is 15.2 Å². The molecule has 3 N–H and O–H groups in total. The van der Waals surface area contributed by atoms with Crippen molar-refractivity contribution in [3.05, 3.63) is 18.0 Å². The van der Waals surface area contributed by atoms with Crippen molar-refractivity contribution in [3.8, 4) is 0 Å². The molecule has 0 amide bonds. The van der Waals surface area contributed by atoms with Crippen LogP contribution in [0.15, 0.2) is 12.3 Å². The molecule has 2 unspecified atom stereocenters. The molecule has 0 saturated carbocycles. The van der Waals surface area contributed by atoms with Crippen molar-refractivity contribution in [2.45, 2.75) is 72.9 Å². The first-order valence-electron chi connectivity index (χ1n) is 7.71. The standard InChI is InChI=1S/C16H32N4/c1-12(2)20-8-7-14(19-20)10-15(18-17)9-13(3)11-16(4,5)6/h7-8,12-13,15,18H,9-11,17H2,1-6H3. The number of hydrogen-bond acceptors (Lipinski definition) is 3. The maximum Gasteiger partial charge on any atom is 0.0640 e. The zero-order valence-corrected chi connectivity index (χ0v) is 14.0. The fraction of sp³-hybridized carbons (Fsp3) is 0.812. The summed E-state index contributed by atoms with van der Waals surface area (Å²) in [4.78, 5) is 0. The topological polar surface area (TPSA) is 55.9 Å². The van der Waals surface area contributed by atoms with Crippen molar-refractivity contribution >= 4 is 0 Å². The first kappa shape index (κ1) is 17.2. The quantitative estimate of drug-likeness (QED) is 0.595. The van der Waals surface area contributed by atoms with Crippen LogP contribution in [0.2, 0.25) is 0 Å². The first-order chi connectivity index (χ1) is 9.21. The van der Waals surface area contributed by atoms with Crippen molar-refractivity contribution in [1.29, 1.82) is 0 Å². The summed E-state index contributed by atoms with van der Waals surface area (Å²) in [6.07, 6.45) is 5.24. The summed E-state index contributed by atoms with van der Waals surface area (Å²) in [6.45, 7) is 13.5. The summed E-state index contributed by atoms with van der Waals surface area (Å²) in [5, 5.41) is 4.60. The lowest BCUT2D eigenvalue weighted by atomic mass is 9.82. The fourth-order valence-electron chi connectivity index (χ4n) is 2.85. The Kier molecular flexibility index (Phi) is 6.21. The lowest BCUT2D eigenvalue weighted by molar-refractivity contribution is 0.274. The van der Waals surface area contributed by atoms with Gasteiger partial charge in [-0.1, -0.05) is 27.7 Å². The van der Waals surface area contributed by atoms with Crippen molar-refractivity contribution in [2.75, 3.05) is 0 Å². The predicted molar refractivity (Wildman–Crippen MR) is 85.3 cm³/mol. The van der Waals surface area contributed by atoms with Gasteiger partial charge in [0.15, 0.2) is 0 Å². The molecule has 1 rings (SSSR count). The summed E-state index contributed by atoms with van der Waals surface area (Å²) in [5.41, 5.74) is 4.44. The Morgan fingerprint density at radius 3 is 2.40 bits per heavy atom. The maximum atomic E-state index is 5.71. The minimum atomic E-state index is 0.294. The van der Waals surface area contributed by atoms with E-state index >= 15 is 0 Å². The van der Waals surface area contributed by atoms with E-state index in [4.69, 9.17) is 5.84 Å². The van der Waals surface area contributed by atoms with Crippen LogP contribution in [0.1, 0.15) is 66.1 Å². The van der Waals surface area contributed by atoms with E-state index in [-0.39, 0.29) is 0 Å². The molecule has 0 radical (unpaired) electrons. The highest BCUT2D eigenvalue weighted by Crippen LogP contribution is 2.27. The average molecular weight is 280 g/mol. The molecule has 0 bridgehead atoms. The highest BCUT2D eigenvalue weighted by molar-refractivity contribution is 5.02. The number of aromatic nitrogens is 2. The molecule has 1 heterocycles. The van der Waals surface area contributed by atoms with Crippen molar-refractivity contribution in [2.24, 2.45) is 17.2 Å². The molecule has 0 saturated heterocycles. The number of nitrogens with two attached hydrogens (primary N) is 1. The van der Waals surface area contributed by atoms with Gasteiger partial charge in [0, 0.05) is 24.7 Å². The molecule has 0 aromatic carbocycles. The normalized spacial score (nSPS) is 15.6. The number of rotatable bonds is 7. The SMILES string of the molecule is CC(CC(Cc1ccn(C(C)C)n1)NN)CC(C)(C)C. The smallest absolute Gasteiger partial charge is 0.0640 e. The van der Waals surface area contributed by atoms with E-state index in [0.717, 1.165) is 18.5 Å². The van der Waals surface area contributed by atoms with Crippen LogP contribution >= 0.6 is 0 Å². The molecule has 2 atom stereocenters. The third-order valence-corrected chi connectivity index (χ3v) is 3.53. The van der Waals surface area contributed by atoms with Crippen LogP contribution in [-0.2, 0) is 6.42 Å². The zero-order chi connectivity index (χ0) is 15.3. The third kappa shape index (κ3) is 6.06. The molecule has 1 aromatic heterocycles. The number of nitrogens with zero attached hydrogens (tertiary/aromatic N) is 2. The lowest BCUT2D eigenvalue weighted by Crippen LogP contribution is -2.38. The van der Waals surface area contributed by atoms with E-state index in [2.05, 4.69) is 58.1 Å². The van der Waals surface area contributed by atoms with Gasteiger partial charge in [-0.05, 0) is 44.1 Å². The Morgan fingerprint density at radius 2 is 1.95 bits per heavy atom. The summed E-state index contributed by atoms with van der Waals surface area (Å²) in [5.74, 6) is 6.37. The molecule has 116 valence electrons. The summed E-state index contributed by atoms with van der Waals surface area (Å²) >= 11 is 0. The Labute approximate surface area is 124 Å². The van der Waals surface area contributed by atoms with Gasteiger partial charge in [-0.15, -0.1) is 0 Å². The maximum absolute atomic E-state index is 5.71. The van der Waals surface area contributed by atoms with Crippen LogP contribution in [0.3, 0.4) is 0 Å². The van der Waals surface area contributed by atoms with Crippen LogP contribution in [0.25, 0.3) is 0 Å². The van der Waals surface area contributed by atoms with Crippen LogP contribution in [0, 0.1) is 11.3 Å². The highest BCUT2D eigenvalue weighted by Gasteiger charge is 2.19. The second kappa shape index (κ2) is 7.23. The first-order valence-corrected chi connectivity index (χ1v) is 7.71. The Balaban J connectivity index is 2.53. The second-order valence-corrected chi connectivity index (χ2v) is 7.55. The molecule has 0 aliphatic rings. The van der Waals surface area contributed by atoms with E-state index in [1.165, 1.54) is 6.42 Å². The van der Waals surface area contributed by atoms with Gasteiger partial charge in [0.25, 0.3) is 0 Å². The zero-order valence-electron chi connectivity index (χ0n) is 14.0. The molecule has 0 aliphatic carbocycles. The van der Waals surface area contributed by atoms with E-state index < -0.39 is 0 Å². The summed E-state index contributed by atoms with van der Waals surface area (Å²) < 4.78 is 2.00. The largest absolute Gasteiger partial charge is 0.271 e. The van der Waals surface area contributed by atoms with Crippen LogP contribution < -0.4 is 11.3 Å².